The van der Waals surface area contributed by atoms with Crippen molar-refractivity contribution in [3.8, 4) is 33.5 Å². The van der Waals surface area contributed by atoms with Crippen molar-refractivity contribution in [3.05, 3.63) is 78.8 Å². The number of hydrogen-bond donors (Lipinski definition) is 4. The Morgan fingerprint density at radius 1 is 0.937 bits per heavy atom. The first kappa shape index (κ1) is 46.5. The number of benzene rings is 3. The minimum absolute atomic E-state index is 0.0501. The fourth-order valence-electron chi connectivity index (χ4n) is 7.31. The predicted octanol–water partition coefficient (Wildman–Crippen LogP) is 7.29. The van der Waals surface area contributed by atoms with Gasteiger partial charge in [-0.05, 0) is 72.2 Å². The number of hydrogen-bond acceptors (Lipinski definition) is 11. The molecule has 334 valence electrons. The average Bonchev–Trinajstić information content (AvgIpc) is 3.96. The Morgan fingerprint density at radius 2 is 1.57 bits per heavy atom. The maximum absolute atomic E-state index is 14.0. The van der Waals surface area contributed by atoms with E-state index in [-0.39, 0.29) is 40.1 Å². The highest BCUT2D eigenvalue weighted by Gasteiger charge is 2.46. The van der Waals surface area contributed by atoms with Crippen molar-refractivity contribution in [1.82, 2.24) is 25.5 Å². The number of rotatable bonds is 15. The van der Waals surface area contributed by atoms with Gasteiger partial charge in [0.05, 0.1) is 37.4 Å². The van der Waals surface area contributed by atoms with Gasteiger partial charge in [0, 0.05) is 30.8 Å². The first-order valence-corrected chi connectivity index (χ1v) is 23.3. The monoisotopic (exact) mass is 898 g/mol. The van der Waals surface area contributed by atoms with Crippen LogP contribution < -0.4 is 16.0 Å². The molecule has 63 heavy (non-hydrogen) atoms. The minimum Gasteiger partial charge on any atom is -0.453 e. The zero-order valence-corrected chi connectivity index (χ0v) is 38.1. The molecule has 0 spiro atoms. The number of amides is 4. The standard InChI is InChI=1S/C45H54N8O8S2/c1-27(2)39(50-43(56)60-6)41(54)46-21-9-23-62-26-38-47-25-35(48-38)32-17-15-30(16-18-32)29-11-13-31(14-12-29)33-19-20-37-34(24-33)49-40(52-63(37,58)59)36-10-8-22-53(36)42(55)45(5,28(3)4)51-44(57)61-7/h11-20,24-25,27-28,36H,8-10,21-23,26H2,1-7H3,(H,46,54)(H,47,48)(H,49,52)(H,51,57)/b50-39+/t36-,45-/m0/s1. The molecule has 0 saturated carbocycles. The zero-order chi connectivity index (χ0) is 45.5. The number of carbonyl (C=O) groups excluding carboxylic acids is 4. The van der Waals surface area contributed by atoms with Gasteiger partial charge in [-0.1, -0.05) is 82.3 Å². The zero-order valence-electron chi connectivity index (χ0n) is 36.5. The molecule has 1 aromatic heterocycles. The highest BCUT2D eigenvalue weighted by atomic mass is 32.2. The molecule has 4 aromatic rings. The fraction of sp³-hybridized carbons (Fsp3) is 0.400. The number of aromatic amines is 1. The molecule has 3 aromatic carbocycles. The summed E-state index contributed by atoms with van der Waals surface area (Å²) in [5.41, 5.74) is 4.75. The van der Waals surface area contributed by atoms with Crippen LogP contribution in [-0.4, -0.2) is 103 Å². The number of nitrogens with zero attached hydrogens (tertiary/aromatic N) is 4. The second-order valence-corrected chi connectivity index (χ2v) is 18.8. The fourth-order valence-corrected chi connectivity index (χ4v) is 9.30. The molecule has 18 heteroatoms. The van der Waals surface area contributed by atoms with Crippen LogP contribution in [0, 0.1) is 11.8 Å². The van der Waals surface area contributed by atoms with Gasteiger partial charge in [-0.15, -0.1) is 4.40 Å². The number of nitrogens with one attached hydrogen (secondary N) is 4. The lowest BCUT2D eigenvalue weighted by molar-refractivity contribution is -0.139. The van der Waals surface area contributed by atoms with E-state index in [2.05, 4.69) is 35.1 Å². The molecule has 16 nitrogen and oxygen atoms in total. The first-order chi connectivity index (χ1) is 30.0. The van der Waals surface area contributed by atoms with Crippen molar-refractivity contribution in [3.63, 3.8) is 0 Å². The lowest BCUT2D eigenvalue weighted by Crippen LogP contribution is -2.62. The average molecular weight is 899 g/mol. The number of carbonyl (C=O) groups is 4. The van der Waals surface area contributed by atoms with E-state index >= 15 is 0 Å². The van der Waals surface area contributed by atoms with Crippen LogP contribution in [0.1, 0.15) is 59.7 Å². The number of H-pyrrole nitrogens is 1. The molecular weight excluding hydrogens is 845 g/mol. The van der Waals surface area contributed by atoms with E-state index in [1.165, 1.54) is 14.2 Å². The van der Waals surface area contributed by atoms with Gasteiger partial charge >= 0.3 is 12.2 Å². The van der Waals surface area contributed by atoms with Gasteiger partial charge in [0.2, 0.25) is 5.91 Å². The van der Waals surface area contributed by atoms with Gasteiger partial charge in [0.1, 0.15) is 27.8 Å². The van der Waals surface area contributed by atoms with Crippen LogP contribution in [0.25, 0.3) is 33.5 Å². The van der Waals surface area contributed by atoms with E-state index in [0.29, 0.717) is 37.4 Å². The number of imidazole rings is 1. The predicted molar refractivity (Wildman–Crippen MR) is 245 cm³/mol. The number of amidine groups is 1. The lowest BCUT2D eigenvalue weighted by atomic mass is 9.86. The third-order valence-corrected chi connectivity index (χ3v) is 13.6. The van der Waals surface area contributed by atoms with Crippen LogP contribution in [0.5, 0.6) is 0 Å². The van der Waals surface area contributed by atoms with Crippen molar-refractivity contribution in [2.45, 2.75) is 76.1 Å². The Hall–Kier alpha value is -6.01. The van der Waals surface area contributed by atoms with Gasteiger partial charge in [-0.2, -0.15) is 25.2 Å². The molecule has 0 unspecified atom stereocenters. The Labute approximate surface area is 372 Å². The van der Waals surface area contributed by atoms with Crippen molar-refractivity contribution in [1.29, 1.82) is 0 Å². The molecule has 4 N–H and O–H groups in total. The van der Waals surface area contributed by atoms with Crippen LogP contribution >= 0.6 is 11.8 Å². The van der Waals surface area contributed by atoms with Gasteiger partial charge in [-0.25, -0.2) is 14.6 Å². The Bertz CT molecular complexity index is 2500. The lowest BCUT2D eigenvalue weighted by Gasteiger charge is -2.38. The van der Waals surface area contributed by atoms with Crippen LogP contribution in [-0.2, 0) is 34.8 Å². The van der Waals surface area contributed by atoms with Crippen molar-refractivity contribution in [2.24, 2.45) is 21.2 Å². The molecule has 4 amide bonds. The van der Waals surface area contributed by atoms with E-state index < -0.39 is 33.8 Å². The summed E-state index contributed by atoms with van der Waals surface area (Å²) in [4.78, 5) is 63.6. The Morgan fingerprint density at radius 3 is 2.19 bits per heavy atom. The molecule has 6 rings (SSSR count). The van der Waals surface area contributed by atoms with Crippen LogP contribution in [0.3, 0.4) is 0 Å². The molecule has 0 aliphatic carbocycles. The van der Waals surface area contributed by atoms with Crippen LogP contribution in [0.4, 0.5) is 15.3 Å². The van der Waals surface area contributed by atoms with E-state index in [4.69, 9.17) is 9.72 Å². The third-order valence-electron chi connectivity index (χ3n) is 11.2. The Balaban J connectivity index is 1.05. The highest BCUT2D eigenvalue weighted by Crippen LogP contribution is 2.36. The number of aliphatic imine (C=N–C) groups is 1. The van der Waals surface area contributed by atoms with E-state index in [1.807, 2.05) is 68.6 Å². The summed E-state index contributed by atoms with van der Waals surface area (Å²) in [6, 6.07) is 20.6. The first-order valence-electron chi connectivity index (χ1n) is 20.8. The largest absolute Gasteiger partial charge is 0.453 e. The van der Waals surface area contributed by atoms with E-state index in [0.717, 1.165) is 51.5 Å². The quantitative estimate of drug-likeness (QED) is 0.0687. The summed E-state index contributed by atoms with van der Waals surface area (Å²) in [7, 11) is -1.61. The molecule has 1 fully saturated rings. The highest BCUT2D eigenvalue weighted by molar-refractivity contribution is 7.98. The van der Waals surface area contributed by atoms with Crippen molar-refractivity contribution in [2.75, 3.05) is 38.4 Å². The summed E-state index contributed by atoms with van der Waals surface area (Å²) < 4.78 is 40.4. The van der Waals surface area contributed by atoms with Crippen molar-refractivity contribution >= 4 is 63.0 Å². The summed E-state index contributed by atoms with van der Waals surface area (Å²) in [5.74, 6) is 1.28. The van der Waals surface area contributed by atoms with Gasteiger partial charge in [-0.3, -0.25) is 9.59 Å². The van der Waals surface area contributed by atoms with Crippen molar-refractivity contribution < 1.29 is 37.1 Å². The second-order valence-electron chi connectivity index (χ2n) is 16.1. The molecular formula is C45H54N8O8S2. The minimum atomic E-state index is -4.07. The second kappa shape index (κ2) is 20.0. The molecule has 0 bridgehead atoms. The van der Waals surface area contributed by atoms with E-state index in [1.54, 1.807) is 55.6 Å². The number of alkyl carbamates (subject to hydrolysis) is 1. The number of ether oxygens (including phenoxy) is 2. The summed E-state index contributed by atoms with van der Waals surface area (Å²) in [6.07, 6.45) is 2.25. The number of sulfonamides is 1. The smallest absolute Gasteiger partial charge is 0.433 e. The summed E-state index contributed by atoms with van der Waals surface area (Å²) >= 11 is 1.70. The molecule has 2 aliphatic rings. The summed E-state index contributed by atoms with van der Waals surface area (Å²) in [5, 5.41) is 8.75. The molecule has 3 heterocycles. The van der Waals surface area contributed by atoms with Gasteiger partial charge in [0.15, 0.2) is 0 Å². The molecule has 2 atom stereocenters. The maximum Gasteiger partial charge on any atom is 0.433 e. The molecule has 2 aliphatic heterocycles. The normalized spacial score (nSPS) is 16.7. The SMILES string of the molecule is COC(=O)/N=C(/C(=O)NCCCSCc1nc(-c2ccc(-c3ccc(-c4ccc5c(c4)NC([C@@H]4CCCN4C(=O)[C@@](C)(NC(=O)OC)C(C)C)=NS5(=O)=O)cc3)cc2)c[nH]1)C(C)C. The number of anilines is 1. The number of aromatic nitrogens is 2. The number of likely N-dealkylation sites (tertiary alicyclic amines) is 1. The molecule has 1 saturated heterocycles. The van der Waals surface area contributed by atoms with Gasteiger partial charge < -0.3 is 35.3 Å². The maximum atomic E-state index is 14.0. The van der Waals surface area contributed by atoms with Crippen LogP contribution in [0.15, 0.2) is 87.2 Å². The topological polar surface area (TPSA) is 214 Å². The van der Waals surface area contributed by atoms with Gasteiger partial charge in [0.25, 0.3) is 15.9 Å². The number of fused-ring (bicyclic) bond motifs is 1. The Kier molecular flexibility index (Phi) is 14.8. The van der Waals surface area contributed by atoms with Crippen LogP contribution in [0.2, 0.25) is 0 Å². The third kappa shape index (κ3) is 10.8. The van der Waals surface area contributed by atoms with E-state index in [9.17, 15) is 27.6 Å². The number of methoxy groups -OCH3 is 2. The number of thioether (sulfide) groups is 1. The molecule has 0 radical (unpaired) electrons. The summed E-state index contributed by atoms with van der Waals surface area (Å²) in [6.45, 7) is 9.73.